The number of fused-ring (bicyclic) bond motifs is 3. The number of amides is 2. The van der Waals surface area contributed by atoms with Gasteiger partial charge in [-0.05, 0) is 59.5 Å². The molecule has 0 saturated carbocycles. The molecule has 0 radical (unpaired) electrons. The van der Waals surface area contributed by atoms with Crippen LogP contribution in [0.4, 0.5) is 23.7 Å². The minimum absolute atomic E-state index is 0.289. The molecule has 0 aliphatic heterocycles. The number of urea groups is 1. The second-order valence-electron chi connectivity index (χ2n) is 7.76. The predicted octanol–water partition coefficient (Wildman–Crippen LogP) is 6.23. The van der Waals surface area contributed by atoms with Crippen LogP contribution in [0.3, 0.4) is 0 Å². The van der Waals surface area contributed by atoms with Crippen molar-refractivity contribution in [3.05, 3.63) is 96.8 Å². The summed E-state index contributed by atoms with van der Waals surface area (Å²) < 4.78 is 43.0. The molecule has 10 heteroatoms. The molecule has 4 aromatic carbocycles. The fourth-order valence-electron chi connectivity index (χ4n) is 3.77. The van der Waals surface area contributed by atoms with Gasteiger partial charge in [-0.15, -0.1) is 13.2 Å². The van der Waals surface area contributed by atoms with E-state index in [0.29, 0.717) is 11.4 Å². The second kappa shape index (κ2) is 9.41. The van der Waals surface area contributed by atoms with Gasteiger partial charge in [0.1, 0.15) is 12.1 Å². The highest BCUT2D eigenvalue weighted by Gasteiger charge is 2.31. The molecular formula is C26H18F3N5O2. The fourth-order valence-corrected chi connectivity index (χ4v) is 3.77. The van der Waals surface area contributed by atoms with Crippen LogP contribution in [0.2, 0.25) is 0 Å². The lowest BCUT2D eigenvalue weighted by Gasteiger charge is -2.10. The minimum atomic E-state index is -4.74. The zero-order chi connectivity index (χ0) is 25.1. The van der Waals surface area contributed by atoms with Gasteiger partial charge in [0.05, 0.1) is 17.2 Å². The average Bonchev–Trinajstić information content (AvgIpc) is 3.29. The van der Waals surface area contributed by atoms with Gasteiger partial charge in [0.15, 0.2) is 0 Å². The first-order chi connectivity index (χ1) is 17.4. The quantitative estimate of drug-likeness (QED) is 0.227. The summed E-state index contributed by atoms with van der Waals surface area (Å²) in [6.07, 6.45) is -1.58. The first kappa shape index (κ1) is 22.9. The Hall–Kier alpha value is -4.86. The maximum absolute atomic E-state index is 12.4. The van der Waals surface area contributed by atoms with E-state index in [9.17, 15) is 18.0 Å². The normalized spacial score (nSPS) is 11.8. The third kappa shape index (κ3) is 5.12. The van der Waals surface area contributed by atoms with Crippen molar-refractivity contribution in [3.63, 3.8) is 0 Å². The number of anilines is 1. The summed E-state index contributed by atoms with van der Waals surface area (Å²) in [6.45, 7) is 0. The highest BCUT2D eigenvalue weighted by molar-refractivity contribution is 6.06. The number of alkyl halides is 3. The van der Waals surface area contributed by atoms with Crippen LogP contribution >= 0.6 is 0 Å². The number of hydrogen-bond donors (Lipinski definition) is 2. The van der Waals surface area contributed by atoms with E-state index in [-0.39, 0.29) is 5.75 Å². The molecule has 180 valence electrons. The van der Waals surface area contributed by atoms with Crippen LogP contribution in [0.5, 0.6) is 5.75 Å². The molecule has 0 saturated heterocycles. The van der Waals surface area contributed by atoms with Gasteiger partial charge < -0.3 is 10.1 Å². The fraction of sp³-hybridized carbons (Fsp3) is 0.0385. The molecule has 1 aromatic heterocycles. The Morgan fingerprint density at radius 3 is 2.50 bits per heavy atom. The molecule has 0 bridgehead atoms. The zero-order valence-corrected chi connectivity index (χ0v) is 18.5. The lowest BCUT2D eigenvalue weighted by molar-refractivity contribution is -0.274. The molecule has 0 atom stereocenters. The summed E-state index contributed by atoms with van der Waals surface area (Å²) >= 11 is 0. The predicted molar refractivity (Wildman–Crippen MR) is 131 cm³/mol. The smallest absolute Gasteiger partial charge is 0.406 e. The van der Waals surface area contributed by atoms with E-state index in [1.807, 2.05) is 48.5 Å². The van der Waals surface area contributed by atoms with Crippen molar-refractivity contribution in [2.24, 2.45) is 5.10 Å². The lowest BCUT2D eigenvalue weighted by atomic mass is 10.1. The molecule has 0 unspecified atom stereocenters. The number of carbonyl (C=O) groups excluding carboxylic acids is 1. The number of nitrogens with one attached hydrogen (secondary N) is 2. The molecule has 7 nitrogen and oxygen atoms in total. The number of carbonyl (C=O) groups is 1. The van der Waals surface area contributed by atoms with E-state index in [1.54, 1.807) is 23.0 Å². The number of para-hydroxylation sites is 1. The number of halogens is 3. The molecule has 2 amide bonds. The maximum atomic E-state index is 12.4. The number of benzene rings is 4. The monoisotopic (exact) mass is 489 g/mol. The van der Waals surface area contributed by atoms with Gasteiger partial charge in [-0.3, -0.25) is 4.57 Å². The Morgan fingerprint density at radius 2 is 1.75 bits per heavy atom. The van der Waals surface area contributed by atoms with Crippen LogP contribution in [-0.2, 0) is 0 Å². The molecule has 36 heavy (non-hydrogen) atoms. The van der Waals surface area contributed by atoms with Gasteiger partial charge >= 0.3 is 12.4 Å². The van der Waals surface area contributed by atoms with Crippen LogP contribution in [-0.4, -0.2) is 28.2 Å². The second-order valence-corrected chi connectivity index (χ2v) is 7.76. The molecular weight excluding hydrogens is 471 g/mol. The molecule has 0 aliphatic carbocycles. The SMILES string of the molecule is O=C(N/N=C/c1ccc2c(ccc3c2ncn3-c2ccc(OC(F)(F)F)cc2)c1)Nc1ccccc1. The molecule has 5 rings (SSSR count). The van der Waals surface area contributed by atoms with Gasteiger partial charge in [0.2, 0.25) is 0 Å². The molecule has 1 heterocycles. The summed E-state index contributed by atoms with van der Waals surface area (Å²) in [5, 5.41) is 8.48. The molecule has 0 fully saturated rings. The van der Waals surface area contributed by atoms with Crippen molar-refractivity contribution in [3.8, 4) is 11.4 Å². The number of imidazole rings is 1. The highest BCUT2D eigenvalue weighted by atomic mass is 19.4. The van der Waals surface area contributed by atoms with Crippen LogP contribution in [0.25, 0.3) is 27.5 Å². The Kier molecular flexibility index (Phi) is 5.99. The molecule has 0 spiro atoms. The number of hydrazone groups is 1. The van der Waals surface area contributed by atoms with Crippen molar-refractivity contribution >= 4 is 39.7 Å². The summed E-state index contributed by atoms with van der Waals surface area (Å²) in [7, 11) is 0. The van der Waals surface area contributed by atoms with Crippen molar-refractivity contribution < 1.29 is 22.7 Å². The Balaban J connectivity index is 1.33. The van der Waals surface area contributed by atoms with Crippen LogP contribution < -0.4 is 15.5 Å². The molecule has 5 aromatic rings. The first-order valence-electron chi connectivity index (χ1n) is 10.8. The number of nitrogens with zero attached hydrogens (tertiary/aromatic N) is 3. The van der Waals surface area contributed by atoms with Gasteiger partial charge in [-0.2, -0.15) is 5.10 Å². The van der Waals surface area contributed by atoms with E-state index < -0.39 is 12.4 Å². The van der Waals surface area contributed by atoms with Gasteiger partial charge in [-0.1, -0.05) is 36.4 Å². The maximum Gasteiger partial charge on any atom is 0.573 e. The first-order valence-corrected chi connectivity index (χ1v) is 10.8. The zero-order valence-electron chi connectivity index (χ0n) is 18.5. The summed E-state index contributed by atoms with van der Waals surface area (Å²) in [6, 6.07) is 23.6. The van der Waals surface area contributed by atoms with E-state index in [1.165, 1.54) is 30.5 Å². The van der Waals surface area contributed by atoms with Crippen LogP contribution in [0, 0.1) is 0 Å². The van der Waals surface area contributed by atoms with Gasteiger partial charge in [-0.25, -0.2) is 15.2 Å². The van der Waals surface area contributed by atoms with E-state index >= 15 is 0 Å². The third-order valence-electron chi connectivity index (χ3n) is 5.32. The topological polar surface area (TPSA) is 80.5 Å². The minimum Gasteiger partial charge on any atom is -0.406 e. The number of rotatable bonds is 5. The Labute approximate surface area is 202 Å². The summed E-state index contributed by atoms with van der Waals surface area (Å²) in [5.74, 6) is -0.289. The van der Waals surface area contributed by atoms with Gasteiger partial charge in [0, 0.05) is 16.8 Å². The van der Waals surface area contributed by atoms with E-state index in [2.05, 4.69) is 25.6 Å². The average molecular weight is 489 g/mol. The van der Waals surface area contributed by atoms with Crippen molar-refractivity contribution in [1.82, 2.24) is 15.0 Å². The van der Waals surface area contributed by atoms with Crippen molar-refractivity contribution in [1.29, 1.82) is 0 Å². The summed E-state index contributed by atoms with van der Waals surface area (Å²) in [5.41, 5.74) is 6.05. The summed E-state index contributed by atoms with van der Waals surface area (Å²) in [4.78, 5) is 16.5. The largest absolute Gasteiger partial charge is 0.573 e. The Morgan fingerprint density at radius 1 is 0.972 bits per heavy atom. The van der Waals surface area contributed by atoms with Crippen LogP contribution in [0.15, 0.2) is 96.4 Å². The van der Waals surface area contributed by atoms with E-state index in [4.69, 9.17) is 0 Å². The van der Waals surface area contributed by atoms with Gasteiger partial charge in [0.25, 0.3) is 0 Å². The van der Waals surface area contributed by atoms with E-state index in [0.717, 1.165) is 27.4 Å². The van der Waals surface area contributed by atoms with Crippen molar-refractivity contribution in [2.75, 3.05) is 5.32 Å². The number of hydrogen-bond acceptors (Lipinski definition) is 4. The van der Waals surface area contributed by atoms with Crippen LogP contribution in [0.1, 0.15) is 5.56 Å². The lowest BCUT2D eigenvalue weighted by Crippen LogP contribution is -2.24. The Bertz CT molecular complexity index is 1560. The standard InChI is InChI=1S/C26H18F3N5O2/c27-26(28,29)36-21-10-8-20(9-11-21)34-16-30-24-22-12-6-17(14-18(22)7-13-23(24)34)15-31-33-25(35)32-19-4-2-1-3-5-19/h1-16H,(H2,32,33,35)/b31-15+. The third-order valence-corrected chi connectivity index (χ3v) is 5.32. The number of aromatic nitrogens is 2. The molecule has 2 N–H and O–H groups in total. The highest BCUT2D eigenvalue weighted by Crippen LogP contribution is 2.28. The van der Waals surface area contributed by atoms with Crippen molar-refractivity contribution in [2.45, 2.75) is 6.36 Å². The molecule has 0 aliphatic rings. The number of ether oxygens (including phenoxy) is 1.